The van der Waals surface area contributed by atoms with Crippen molar-refractivity contribution >= 4 is 5.71 Å². The minimum atomic E-state index is 1.02. The maximum Gasteiger partial charge on any atom is 0.0352 e. The van der Waals surface area contributed by atoms with Gasteiger partial charge < -0.3 is 5.01 Å². The Hall–Kier alpha value is -0.790. The van der Waals surface area contributed by atoms with E-state index in [-0.39, 0.29) is 0 Å². The molecule has 0 aliphatic heterocycles. The molecule has 2 nitrogen and oxygen atoms in total. The topological polar surface area (TPSA) is 15.6 Å². The highest BCUT2D eigenvalue weighted by atomic mass is 15.4. The summed E-state index contributed by atoms with van der Waals surface area (Å²) >= 11 is 0. The van der Waals surface area contributed by atoms with Crippen molar-refractivity contribution in [2.75, 3.05) is 14.1 Å². The Morgan fingerprint density at radius 2 is 2.20 bits per heavy atom. The molecular weight excluding hydrogens is 124 g/mol. The standard InChI is InChI=1S/C8H16N2/c1-5-6-7-8(2)9-10(3)4/h5H,1,6-7H2,2-4H3/b9-8+. The lowest BCUT2D eigenvalue weighted by molar-refractivity contribution is 0.436. The van der Waals surface area contributed by atoms with E-state index in [1.54, 1.807) is 0 Å². The zero-order valence-electron chi connectivity index (χ0n) is 7.09. The molecule has 0 bridgehead atoms. The molecule has 0 aliphatic carbocycles. The van der Waals surface area contributed by atoms with Gasteiger partial charge in [-0.15, -0.1) is 6.58 Å². The molecule has 58 valence electrons. The van der Waals surface area contributed by atoms with E-state index in [4.69, 9.17) is 0 Å². The second-order valence-electron chi connectivity index (χ2n) is 2.51. The molecule has 0 atom stereocenters. The third-order valence-corrected chi connectivity index (χ3v) is 1.08. The van der Waals surface area contributed by atoms with Crippen molar-refractivity contribution in [1.29, 1.82) is 0 Å². The predicted molar refractivity (Wildman–Crippen MR) is 46.2 cm³/mol. The van der Waals surface area contributed by atoms with Crippen molar-refractivity contribution in [2.45, 2.75) is 19.8 Å². The van der Waals surface area contributed by atoms with Crippen LogP contribution >= 0.6 is 0 Å². The Labute approximate surface area is 63.2 Å². The van der Waals surface area contributed by atoms with Gasteiger partial charge in [0, 0.05) is 19.8 Å². The van der Waals surface area contributed by atoms with E-state index in [9.17, 15) is 0 Å². The summed E-state index contributed by atoms with van der Waals surface area (Å²) < 4.78 is 0. The average molecular weight is 140 g/mol. The Kier molecular flexibility index (Phi) is 4.63. The normalized spacial score (nSPS) is 11.3. The van der Waals surface area contributed by atoms with Gasteiger partial charge in [0.15, 0.2) is 0 Å². The summed E-state index contributed by atoms with van der Waals surface area (Å²) in [6.07, 6.45) is 3.94. The van der Waals surface area contributed by atoms with Crippen molar-refractivity contribution in [3.8, 4) is 0 Å². The summed E-state index contributed by atoms with van der Waals surface area (Å²) in [5, 5.41) is 6.03. The van der Waals surface area contributed by atoms with Gasteiger partial charge in [0.05, 0.1) is 0 Å². The largest absolute Gasteiger partial charge is 0.303 e. The molecule has 0 saturated carbocycles. The number of hydrogen-bond acceptors (Lipinski definition) is 2. The Morgan fingerprint density at radius 3 is 2.60 bits per heavy atom. The summed E-state index contributed by atoms with van der Waals surface area (Å²) in [6.45, 7) is 5.67. The number of hydrogen-bond donors (Lipinski definition) is 0. The van der Waals surface area contributed by atoms with Gasteiger partial charge in [-0.05, 0) is 19.8 Å². The van der Waals surface area contributed by atoms with Crippen LogP contribution in [0, 0.1) is 0 Å². The molecule has 0 N–H and O–H groups in total. The molecule has 2 heteroatoms. The van der Waals surface area contributed by atoms with Gasteiger partial charge in [-0.3, -0.25) is 0 Å². The number of allylic oxidation sites excluding steroid dienone is 1. The van der Waals surface area contributed by atoms with Crippen molar-refractivity contribution in [3.05, 3.63) is 12.7 Å². The molecule has 0 fully saturated rings. The average Bonchev–Trinajstić information content (AvgIpc) is 1.82. The van der Waals surface area contributed by atoms with Crippen LogP contribution in [0.5, 0.6) is 0 Å². The zero-order chi connectivity index (χ0) is 7.98. The van der Waals surface area contributed by atoms with Gasteiger partial charge in [0.25, 0.3) is 0 Å². The molecule has 0 aromatic heterocycles. The molecule has 0 rings (SSSR count). The number of nitrogens with zero attached hydrogens (tertiary/aromatic N) is 2. The maximum atomic E-state index is 4.22. The van der Waals surface area contributed by atoms with Gasteiger partial charge in [0.2, 0.25) is 0 Å². The lowest BCUT2D eigenvalue weighted by Crippen LogP contribution is -2.05. The zero-order valence-corrected chi connectivity index (χ0v) is 7.09. The fraction of sp³-hybridized carbons (Fsp3) is 0.625. The van der Waals surface area contributed by atoms with Crippen LogP contribution in [-0.4, -0.2) is 24.8 Å². The lowest BCUT2D eigenvalue weighted by Gasteiger charge is -2.05. The first-order valence-corrected chi connectivity index (χ1v) is 3.49. The molecular formula is C8H16N2. The Morgan fingerprint density at radius 1 is 1.60 bits per heavy atom. The summed E-state index contributed by atoms with van der Waals surface area (Å²) in [6, 6.07) is 0. The van der Waals surface area contributed by atoms with Gasteiger partial charge >= 0.3 is 0 Å². The molecule has 0 radical (unpaired) electrons. The maximum absolute atomic E-state index is 4.22. The smallest absolute Gasteiger partial charge is 0.0352 e. The van der Waals surface area contributed by atoms with Crippen LogP contribution in [0.1, 0.15) is 19.8 Å². The van der Waals surface area contributed by atoms with Crippen molar-refractivity contribution in [3.63, 3.8) is 0 Å². The minimum absolute atomic E-state index is 1.02. The third-order valence-electron chi connectivity index (χ3n) is 1.08. The van der Waals surface area contributed by atoms with Crippen LogP contribution < -0.4 is 0 Å². The molecule has 0 heterocycles. The number of rotatable bonds is 4. The van der Waals surface area contributed by atoms with Crippen LogP contribution in [0.2, 0.25) is 0 Å². The molecule has 0 amide bonds. The second-order valence-corrected chi connectivity index (χ2v) is 2.51. The van der Waals surface area contributed by atoms with Crippen molar-refractivity contribution < 1.29 is 0 Å². The highest BCUT2D eigenvalue weighted by Gasteiger charge is 1.88. The summed E-state index contributed by atoms with van der Waals surface area (Å²) in [4.78, 5) is 0. The predicted octanol–water partition coefficient (Wildman–Crippen LogP) is 1.89. The Balaban J connectivity index is 3.59. The van der Waals surface area contributed by atoms with E-state index in [1.165, 1.54) is 0 Å². The first-order valence-electron chi connectivity index (χ1n) is 3.49. The first-order chi connectivity index (χ1) is 4.66. The Bertz CT molecular complexity index is 125. The highest BCUT2D eigenvalue weighted by molar-refractivity contribution is 5.81. The van der Waals surface area contributed by atoms with Gasteiger partial charge in [-0.2, -0.15) is 5.10 Å². The molecule has 0 aromatic carbocycles. The van der Waals surface area contributed by atoms with Crippen LogP contribution in [0.25, 0.3) is 0 Å². The van der Waals surface area contributed by atoms with E-state index in [1.807, 2.05) is 32.1 Å². The monoisotopic (exact) mass is 140 g/mol. The lowest BCUT2D eigenvalue weighted by atomic mass is 10.2. The fourth-order valence-corrected chi connectivity index (χ4v) is 0.702. The van der Waals surface area contributed by atoms with Crippen LogP contribution in [0.3, 0.4) is 0 Å². The van der Waals surface area contributed by atoms with Crippen LogP contribution in [-0.2, 0) is 0 Å². The van der Waals surface area contributed by atoms with E-state index in [0.717, 1.165) is 18.6 Å². The number of hydrazone groups is 1. The van der Waals surface area contributed by atoms with Crippen LogP contribution in [0.4, 0.5) is 0 Å². The molecule has 0 aliphatic rings. The molecule has 0 saturated heterocycles. The van der Waals surface area contributed by atoms with Crippen LogP contribution in [0.15, 0.2) is 17.8 Å². The quantitative estimate of drug-likeness (QED) is 0.331. The van der Waals surface area contributed by atoms with E-state index < -0.39 is 0 Å². The van der Waals surface area contributed by atoms with Gasteiger partial charge in [-0.1, -0.05) is 6.08 Å². The van der Waals surface area contributed by atoms with Gasteiger partial charge in [-0.25, -0.2) is 0 Å². The van der Waals surface area contributed by atoms with Crippen molar-refractivity contribution in [1.82, 2.24) is 5.01 Å². The van der Waals surface area contributed by atoms with E-state index >= 15 is 0 Å². The molecule has 0 unspecified atom stereocenters. The SMILES string of the molecule is C=CCC/C(C)=N/N(C)C. The van der Waals surface area contributed by atoms with E-state index in [2.05, 4.69) is 11.7 Å². The molecule has 0 aromatic rings. The molecule has 0 spiro atoms. The highest BCUT2D eigenvalue weighted by Crippen LogP contribution is 1.93. The summed E-state index contributed by atoms with van der Waals surface area (Å²) in [5.41, 5.74) is 1.16. The summed E-state index contributed by atoms with van der Waals surface area (Å²) in [5.74, 6) is 0. The third kappa shape index (κ3) is 5.35. The minimum Gasteiger partial charge on any atom is -0.303 e. The summed E-state index contributed by atoms with van der Waals surface area (Å²) in [7, 11) is 3.86. The van der Waals surface area contributed by atoms with Gasteiger partial charge in [0.1, 0.15) is 0 Å². The molecule has 10 heavy (non-hydrogen) atoms. The second kappa shape index (κ2) is 5.03. The van der Waals surface area contributed by atoms with E-state index in [0.29, 0.717) is 0 Å². The first kappa shape index (κ1) is 9.21. The van der Waals surface area contributed by atoms with Crippen molar-refractivity contribution in [2.24, 2.45) is 5.10 Å². The fourth-order valence-electron chi connectivity index (χ4n) is 0.702.